The van der Waals surface area contributed by atoms with Crippen molar-refractivity contribution in [1.82, 2.24) is 10.2 Å². The Bertz CT molecular complexity index is 869. The predicted octanol–water partition coefficient (Wildman–Crippen LogP) is 4.71. The third-order valence-corrected chi connectivity index (χ3v) is 6.49. The second-order valence-electron chi connectivity index (χ2n) is 7.74. The van der Waals surface area contributed by atoms with Gasteiger partial charge in [0, 0.05) is 48.5 Å². The van der Waals surface area contributed by atoms with Gasteiger partial charge in [0.15, 0.2) is 0 Å². The molecular weight excluding hydrogens is 418 g/mol. The summed E-state index contributed by atoms with van der Waals surface area (Å²) in [7, 11) is 1.67. The van der Waals surface area contributed by atoms with Crippen LogP contribution < -0.4 is 5.32 Å². The van der Waals surface area contributed by atoms with Crippen molar-refractivity contribution >= 4 is 29.2 Å². The van der Waals surface area contributed by atoms with Gasteiger partial charge in [-0.2, -0.15) is 0 Å². The molecule has 1 saturated heterocycles. The molecule has 1 atom stereocenters. The van der Waals surface area contributed by atoms with E-state index in [0.717, 1.165) is 34.9 Å². The molecule has 1 amide bonds. The molecule has 0 bridgehead atoms. The van der Waals surface area contributed by atoms with Crippen LogP contribution in [0.25, 0.3) is 0 Å². The third kappa shape index (κ3) is 5.93. The maximum Gasteiger partial charge on any atom is 0.242 e. The Labute approximate surface area is 187 Å². The number of allylic oxidation sites excluding steroid dienone is 4. The molecule has 2 fully saturated rings. The second kappa shape index (κ2) is 10.9. The number of thioether (sulfide) groups is 1. The van der Waals surface area contributed by atoms with Crippen molar-refractivity contribution in [3.63, 3.8) is 0 Å². The molecule has 1 unspecified atom stereocenters. The fourth-order valence-electron chi connectivity index (χ4n) is 3.75. The topological polar surface area (TPSA) is 57.1 Å². The van der Waals surface area contributed by atoms with Crippen LogP contribution in [0.15, 0.2) is 55.9 Å². The van der Waals surface area contributed by atoms with Crippen LogP contribution in [0.3, 0.4) is 0 Å². The van der Waals surface area contributed by atoms with Crippen LogP contribution in [-0.4, -0.2) is 55.0 Å². The first-order valence-corrected chi connectivity index (χ1v) is 11.6. The van der Waals surface area contributed by atoms with Crippen LogP contribution in [-0.2, 0) is 4.79 Å². The van der Waals surface area contributed by atoms with Gasteiger partial charge in [-0.3, -0.25) is 14.8 Å². The van der Waals surface area contributed by atoms with Gasteiger partial charge in [-0.15, -0.1) is 0 Å². The highest BCUT2D eigenvalue weighted by atomic mass is 32.2. The van der Waals surface area contributed by atoms with E-state index in [1.807, 2.05) is 31.4 Å². The Balaban J connectivity index is 1.88. The lowest BCUT2D eigenvalue weighted by molar-refractivity contribution is -0.122. The molecule has 1 aliphatic carbocycles. The maximum atomic E-state index is 12.6. The molecular formula is C23H30F2N4OS. The standard InChI is InChI=1S/C23H30F2N4OS/c1-4-11-31-20(5-2)22-27-13-17(18(26-3)7-6-8-21(24)25)19-12-16(14-29(19)22)28-23(30)15-9-10-15/h4-7,11,15-16,21H,8-10,12-14H2,1-3H3,(H,28,30)/b7-6-,11-4-,20-5+,26-18?. The number of aliphatic imine (C=N–C) groups is 2. The number of nitrogens with zero attached hydrogens (tertiary/aromatic N) is 3. The van der Waals surface area contributed by atoms with Gasteiger partial charge in [-0.05, 0) is 38.2 Å². The molecule has 0 aromatic rings. The number of nitrogens with one attached hydrogen (secondary N) is 1. The van der Waals surface area contributed by atoms with Gasteiger partial charge in [0.1, 0.15) is 5.84 Å². The molecule has 0 aromatic heterocycles. The molecule has 3 rings (SSSR count). The van der Waals surface area contributed by atoms with E-state index in [4.69, 9.17) is 4.99 Å². The lowest BCUT2D eigenvalue weighted by atomic mass is 10.0. The summed E-state index contributed by atoms with van der Waals surface area (Å²) in [4.78, 5) is 24.7. The number of amidine groups is 1. The highest BCUT2D eigenvalue weighted by Crippen LogP contribution is 2.35. The molecule has 5 nitrogen and oxygen atoms in total. The largest absolute Gasteiger partial charge is 0.351 e. The zero-order valence-corrected chi connectivity index (χ0v) is 19.1. The summed E-state index contributed by atoms with van der Waals surface area (Å²) in [5.41, 5.74) is 2.67. The van der Waals surface area contributed by atoms with Gasteiger partial charge < -0.3 is 10.2 Å². The van der Waals surface area contributed by atoms with Crippen molar-refractivity contribution < 1.29 is 13.6 Å². The van der Waals surface area contributed by atoms with Gasteiger partial charge in [0.25, 0.3) is 0 Å². The summed E-state index contributed by atoms with van der Waals surface area (Å²) in [5.74, 6) is 1.17. The Morgan fingerprint density at radius 1 is 1.39 bits per heavy atom. The van der Waals surface area contributed by atoms with E-state index in [1.165, 1.54) is 6.08 Å². The van der Waals surface area contributed by atoms with E-state index in [2.05, 4.69) is 15.2 Å². The van der Waals surface area contributed by atoms with Gasteiger partial charge in [0.05, 0.1) is 18.3 Å². The quantitative estimate of drug-likeness (QED) is 0.520. The van der Waals surface area contributed by atoms with Crippen molar-refractivity contribution in [3.8, 4) is 0 Å². The predicted molar refractivity (Wildman–Crippen MR) is 125 cm³/mol. The van der Waals surface area contributed by atoms with E-state index in [1.54, 1.807) is 24.9 Å². The Kier molecular flexibility index (Phi) is 8.23. The fourth-order valence-corrected chi connectivity index (χ4v) is 4.45. The summed E-state index contributed by atoms with van der Waals surface area (Å²) in [5, 5.41) is 5.21. The zero-order valence-electron chi connectivity index (χ0n) is 18.3. The summed E-state index contributed by atoms with van der Waals surface area (Å²) in [6.45, 7) is 5.04. The normalized spacial score (nSPS) is 22.7. The van der Waals surface area contributed by atoms with Crippen molar-refractivity contribution in [3.05, 3.63) is 45.9 Å². The third-order valence-electron chi connectivity index (χ3n) is 5.41. The van der Waals surface area contributed by atoms with Gasteiger partial charge in [0.2, 0.25) is 12.3 Å². The first-order chi connectivity index (χ1) is 15.0. The van der Waals surface area contributed by atoms with Crippen LogP contribution in [0, 0.1) is 5.92 Å². The molecule has 3 aliphatic rings. The van der Waals surface area contributed by atoms with Crippen LogP contribution in [0.2, 0.25) is 0 Å². The molecule has 168 valence electrons. The first kappa shape index (κ1) is 23.4. The Morgan fingerprint density at radius 2 is 2.16 bits per heavy atom. The highest BCUT2D eigenvalue weighted by Gasteiger charge is 2.38. The van der Waals surface area contributed by atoms with Crippen molar-refractivity contribution in [2.45, 2.75) is 52.0 Å². The number of hydrogen-bond donors (Lipinski definition) is 1. The number of halogens is 2. The lowest BCUT2D eigenvalue weighted by Crippen LogP contribution is -2.40. The first-order valence-electron chi connectivity index (χ1n) is 10.7. The minimum atomic E-state index is -2.38. The minimum Gasteiger partial charge on any atom is -0.351 e. The Hall–Kier alpha value is -2.22. The van der Waals surface area contributed by atoms with E-state index >= 15 is 0 Å². The number of hydrogen-bond acceptors (Lipinski definition) is 5. The minimum absolute atomic E-state index is 0.00521. The van der Waals surface area contributed by atoms with E-state index in [0.29, 0.717) is 25.2 Å². The summed E-state index contributed by atoms with van der Waals surface area (Å²) in [6.07, 6.45) is 7.08. The summed E-state index contributed by atoms with van der Waals surface area (Å²) < 4.78 is 25.2. The number of fused-ring (bicyclic) bond motifs is 1. The monoisotopic (exact) mass is 448 g/mol. The SMILES string of the molecule is C/C=C\S/C(=C/C)C1=NCC(C(/C=C\CC(F)F)=NC)=C2CC(NC(=O)C3CC3)CN12. The van der Waals surface area contributed by atoms with Crippen LogP contribution in [0.5, 0.6) is 0 Å². The average molecular weight is 449 g/mol. The van der Waals surface area contributed by atoms with Gasteiger partial charge in [-0.1, -0.05) is 30.0 Å². The van der Waals surface area contributed by atoms with Gasteiger partial charge >= 0.3 is 0 Å². The van der Waals surface area contributed by atoms with Gasteiger partial charge in [-0.25, -0.2) is 8.78 Å². The molecule has 2 aliphatic heterocycles. The van der Waals surface area contributed by atoms with Crippen LogP contribution >= 0.6 is 11.8 Å². The van der Waals surface area contributed by atoms with E-state index in [9.17, 15) is 13.6 Å². The number of rotatable bonds is 9. The number of carbonyl (C=O) groups is 1. The van der Waals surface area contributed by atoms with Crippen molar-refractivity contribution in [2.24, 2.45) is 15.9 Å². The van der Waals surface area contributed by atoms with E-state index in [-0.39, 0.29) is 24.3 Å². The molecule has 0 aromatic carbocycles. The molecule has 31 heavy (non-hydrogen) atoms. The average Bonchev–Trinajstić information content (AvgIpc) is 3.52. The lowest BCUT2D eigenvalue weighted by Gasteiger charge is -2.29. The number of amides is 1. The van der Waals surface area contributed by atoms with Crippen LogP contribution in [0.4, 0.5) is 8.78 Å². The smallest absolute Gasteiger partial charge is 0.242 e. The molecule has 0 radical (unpaired) electrons. The number of carbonyl (C=O) groups excluding carboxylic acids is 1. The van der Waals surface area contributed by atoms with E-state index < -0.39 is 6.43 Å². The van der Waals surface area contributed by atoms with Crippen molar-refractivity contribution in [2.75, 3.05) is 20.1 Å². The number of alkyl halides is 2. The molecule has 8 heteroatoms. The summed E-state index contributed by atoms with van der Waals surface area (Å²) in [6, 6.07) is -0.00521. The molecule has 0 spiro atoms. The van der Waals surface area contributed by atoms with Crippen LogP contribution in [0.1, 0.15) is 39.5 Å². The second-order valence-corrected chi connectivity index (χ2v) is 8.69. The zero-order chi connectivity index (χ0) is 22.4. The van der Waals surface area contributed by atoms with Crippen molar-refractivity contribution in [1.29, 1.82) is 0 Å². The maximum absolute atomic E-state index is 12.6. The molecule has 1 N–H and O–H groups in total. The highest BCUT2D eigenvalue weighted by molar-refractivity contribution is 8.06. The summed E-state index contributed by atoms with van der Waals surface area (Å²) >= 11 is 1.61. The fraction of sp³-hybridized carbons (Fsp3) is 0.522. The molecule has 2 heterocycles. The molecule has 1 saturated carbocycles. The Morgan fingerprint density at radius 3 is 2.77 bits per heavy atom.